The van der Waals surface area contributed by atoms with Crippen LogP contribution in [0.2, 0.25) is 0 Å². The fourth-order valence-electron chi connectivity index (χ4n) is 6.28. The summed E-state index contributed by atoms with van der Waals surface area (Å²) in [4.78, 5) is 15.2. The van der Waals surface area contributed by atoms with E-state index in [0.29, 0.717) is 17.5 Å². The minimum absolute atomic E-state index is 0.653. The predicted octanol–water partition coefficient (Wildman–Crippen LogP) is 10.8. The Balaban J connectivity index is 1.50. The number of fused-ring (bicyclic) bond motifs is 3. The Kier molecular flexibility index (Phi) is 6.69. The largest absolute Gasteiger partial charge is 0.208 e. The number of benzene rings is 7. The molecule has 45 heavy (non-hydrogen) atoms. The van der Waals surface area contributed by atoms with Crippen molar-refractivity contribution in [2.24, 2.45) is 0 Å². The Morgan fingerprint density at radius 3 is 1.38 bits per heavy atom. The van der Waals surface area contributed by atoms with E-state index in [2.05, 4.69) is 104 Å². The van der Waals surface area contributed by atoms with Crippen molar-refractivity contribution in [3.63, 3.8) is 0 Å². The summed E-state index contributed by atoms with van der Waals surface area (Å²) in [5.41, 5.74) is 8.92. The molecule has 8 aromatic rings. The van der Waals surface area contributed by atoms with Gasteiger partial charge in [0, 0.05) is 22.1 Å². The van der Waals surface area contributed by atoms with Crippen molar-refractivity contribution in [3.05, 3.63) is 163 Å². The molecule has 0 fully saturated rings. The molecular weight excluding hydrogens is 546 g/mol. The van der Waals surface area contributed by atoms with Gasteiger partial charge in [0.25, 0.3) is 0 Å². The highest BCUT2D eigenvalue weighted by molar-refractivity contribution is 6.24. The Morgan fingerprint density at radius 1 is 0.333 bits per heavy atom. The van der Waals surface area contributed by atoms with Gasteiger partial charge in [0.15, 0.2) is 17.5 Å². The molecule has 8 rings (SSSR count). The minimum Gasteiger partial charge on any atom is -0.208 e. The van der Waals surface area contributed by atoms with Gasteiger partial charge < -0.3 is 0 Å². The maximum atomic E-state index is 5.13. The molecule has 0 aliphatic heterocycles. The van der Waals surface area contributed by atoms with Crippen LogP contribution in [0, 0.1) is 6.92 Å². The van der Waals surface area contributed by atoms with Crippen LogP contribution >= 0.6 is 0 Å². The predicted molar refractivity (Wildman–Crippen MR) is 187 cm³/mol. The van der Waals surface area contributed by atoms with Gasteiger partial charge in [-0.15, -0.1) is 0 Å². The first-order chi connectivity index (χ1) is 22.2. The number of hydrogen-bond acceptors (Lipinski definition) is 3. The van der Waals surface area contributed by atoms with E-state index in [9.17, 15) is 0 Å². The normalized spacial score (nSPS) is 11.2. The number of nitrogens with zero attached hydrogens (tertiary/aromatic N) is 3. The molecule has 0 bridgehead atoms. The number of hydrogen-bond donors (Lipinski definition) is 0. The summed E-state index contributed by atoms with van der Waals surface area (Å²) in [5.74, 6) is 1.96. The zero-order valence-electron chi connectivity index (χ0n) is 24.9. The number of rotatable bonds is 5. The SMILES string of the molecule is Cc1ccc(-c2c(-c3ccccc3)c3ccccc3c3c(-c4nc(-c5ccccc5)nc(-c5ccccc5)n4)cccc23)cc1. The fourth-order valence-corrected chi connectivity index (χ4v) is 6.28. The molecule has 212 valence electrons. The van der Waals surface area contributed by atoms with Crippen LogP contribution in [0.5, 0.6) is 0 Å². The van der Waals surface area contributed by atoms with Crippen LogP contribution in [0.4, 0.5) is 0 Å². The van der Waals surface area contributed by atoms with Gasteiger partial charge in [-0.05, 0) is 45.3 Å². The lowest BCUT2D eigenvalue weighted by Crippen LogP contribution is -2.01. The van der Waals surface area contributed by atoms with Crippen LogP contribution < -0.4 is 0 Å². The van der Waals surface area contributed by atoms with E-state index in [4.69, 9.17) is 15.0 Å². The lowest BCUT2D eigenvalue weighted by atomic mass is 9.83. The van der Waals surface area contributed by atoms with E-state index < -0.39 is 0 Å². The van der Waals surface area contributed by atoms with E-state index in [0.717, 1.165) is 27.5 Å². The van der Waals surface area contributed by atoms with Gasteiger partial charge in [-0.3, -0.25) is 0 Å². The summed E-state index contributed by atoms with van der Waals surface area (Å²) in [6.07, 6.45) is 0. The Labute approximate surface area is 262 Å². The first kappa shape index (κ1) is 26.7. The molecule has 0 saturated carbocycles. The van der Waals surface area contributed by atoms with Gasteiger partial charge in [0.05, 0.1) is 0 Å². The third-order valence-electron chi connectivity index (χ3n) is 8.39. The highest BCUT2D eigenvalue weighted by atomic mass is 15.0. The first-order valence-electron chi connectivity index (χ1n) is 15.2. The second-order valence-electron chi connectivity index (χ2n) is 11.3. The molecule has 0 unspecified atom stereocenters. The molecule has 0 aliphatic carbocycles. The second-order valence-corrected chi connectivity index (χ2v) is 11.3. The smallest absolute Gasteiger partial charge is 0.164 e. The quantitative estimate of drug-likeness (QED) is 0.192. The van der Waals surface area contributed by atoms with Crippen molar-refractivity contribution in [1.82, 2.24) is 15.0 Å². The summed E-state index contributed by atoms with van der Waals surface area (Å²) in [6, 6.07) is 55.1. The Bertz CT molecular complexity index is 2240. The van der Waals surface area contributed by atoms with Crippen molar-refractivity contribution < 1.29 is 0 Å². The highest BCUT2D eigenvalue weighted by Crippen LogP contribution is 2.46. The third kappa shape index (κ3) is 4.85. The van der Waals surface area contributed by atoms with Crippen molar-refractivity contribution in [2.75, 3.05) is 0 Å². The fraction of sp³-hybridized carbons (Fsp3) is 0.0238. The summed E-state index contributed by atoms with van der Waals surface area (Å²) >= 11 is 0. The van der Waals surface area contributed by atoms with Crippen molar-refractivity contribution >= 4 is 21.5 Å². The van der Waals surface area contributed by atoms with Gasteiger partial charge in [-0.2, -0.15) is 0 Å². The summed E-state index contributed by atoms with van der Waals surface area (Å²) < 4.78 is 0. The maximum Gasteiger partial charge on any atom is 0.164 e. The molecule has 0 atom stereocenters. The van der Waals surface area contributed by atoms with Crippen LogP contribution in [0.3, 0.4) is 0 Å². The standard InChI is InChI=1S/C42H29N3/c1-28-24-26-30(27-25-28)38-35-22-13-23-36(39(35)34-21-12-11-20-33(34)37(38)29-14-5-2-6-15-29)42-44-40(31-16-7-3-8-17-31)43-41(45-42)32-18-9-4-10-19-32/h2-27H,1H3. The van der Waals surface area contributed by atoms with E-state index in [1.54, 1.807) is 0 Å². The van der Waals surface area contributed by atoms with Crippen molar-refractivity contribution in [2.45, 2.75) is 6.92 Å². The van der Waals surface area contributed by atoms with Crippen LogP contribution in [0.15, 0.2) is 158 Å². The van der Waals surface area contributed by atoms with E-state index in [1.165, 1.54) is 38.6 Å². The highest BCUT2D eigenvalue weighted by Gasteiger charge is 2.21. The number of aromatic nitrogens is 3. The molecule has 1 aromatic heterocycles. The molecule has 0 radical (unpaired) electrons. The summed E-state index contributed by atoms with van der Waals surface area (Å²) in [5, 5.41) is 4.66. The molecule has 1 heterocycles. The molecule has 0 N–H and O–H groups in total. The molecule has 0 spiro atoms. The average Bonchev–Trinajstić information content (AvgIpc) is 3.12. The summed E-state index contributed by atoms with van der Waals surface area (Å²) in [7, 11) is 0. The van der Waals surface area contributed by atoms with Crippen LogP contribution in [0.1, 0.15) is 5.56 Å². The molecule has 3 heteroatoms. The van der Waals surface area contributed by atoms with Crippen molar-refractivity contribution in [1.29, 1.82) is 0 Å². The average molecular weight is 576 g/mol. The zero-order chi connectivity index (χ0) is 30.2. The zero-order valence-corrected chi connectivity index (χ0v) is 24.9. The maximum absolute atomic E-state index is 5.13. The van der Waals surface area contributed by atoms with Crippen LogP contribution in [-0.4, -0.2) is 15.0 Å². The Morgan fingerprint density at radius 2 is 0.778 bits per heavy atom. The van der Waals surface area contributed by atoms with Gasteiger partial charge in [0.1, 0.15) is 0 Å². The lowest BCUT2D eigenvalue weighted by molar-refractivity contribution is 1.08. The third-order valence-corrected chi connectivity index (χ3v) is 8.39. The van der Waals surface area contributed by atoms with Gasteiger partial charge in [-0.1, -0.05) is 163 Å². The topological polar surface area (TPSA) is 38.7 Å². The molecule has 0 aliphatic rings. The van der Waals surface area contributed by atoms with Crippen LogP contribution in [-0.2, 0) is 0 Å². The molecule has 0 saturated heterocycles. The molecular formula is C42H29N3. The van der Waals surface area contributed by atoms with Crippen LogP contribution in [0.25, 0.3) is 78.0 Å². The van der Waals surface area contributed by atoms with Crippen molar-refractivity contribution in [3.8, 4) is 56.4 Å². The van der Waals surface area contributed by atoms with Gasteiger partial charge in [-0.25, -0.2) is 15.0 Å². The monoisotopic (exact) mass is 575 g/mol. The van der Waals surface area contributed by atoms with Gasteiger partial charge in [0.2, 0.25) is 0 Å². The van der Waals surface area contributed by atoms with E-state index in [1.807, 2.05) is 60.7 Å². The second kappa shape index (κ2) is 11.3. The van der Waals surface area contributed by atoms with Gasteiger partial charge >= 0.3 is 0 Å². The van der Waals surface area contributed by atoms with E-state index >= 15 is 0 Å². The number of aryl methyl sites for hydroxylation is 1. The molecule has 0 amide bonds. The summed E-state index contributed by atoms with van der Waals surface area (Å²) in [6.45, 7) is 2.13. The molecule has 7 aromatic carbocycles. The Hall–Kier alpha value is -5.93. The minimum atomic E-state index is 0.653. The first-order valence-corrected chi connectivity index (χ1v) is 15.2. The molecule has 3 nitrogen and oxygen atoms in total. The lowest BCUT2D eigenvalue weighted by Gasteiger charge is -2.20. The van der Waals surface area contributed by atoms with E-state index in [-0.39, 0.29) is 0 Å².